The van der Waals surface area contributed by atoms with Crippen LogP contribution in [0.15, 0.2) is 12.3 Å². The fourth-order valence-corrected chi connectivity index (χ4v) is 1.87. The van der Waals surface area contributed by atoms with E-state index in [9.17, 15) is 0 Å². The van der Waals surface area contributed by atoms with E-state index in [-0.39, 0.29) is 12.4 Å². The molecule has 90 valence electrons. The molecule has 1 aliphatic heterocycles. The van der Waals surface area contributed by atoms with Crippen LogP contribution in [0.4, 0.5) is 5.95 Å². The van der Waals surface area contributed by atoms with Gasteiger partial charge in [-0.3, -0.25) is 0 Å². The van der Waals surface area contributed by atoms with Crippen LogP contribution in [-0.4, -0.2) is 29.1 Å². The van der Waals surface area contributed by atoms with E-state index in [1.165, 1.54) is 19.3 Å². The average molecular weight is 263 g/mol. The van der Waals surface area contributed by atoms with Crippen LogP contribution in [0.5, 0.6) is 0 Å². The fraction of sp³-hybridized carbons (Fsp3) is 0.600. The largest absolute Gasteiger partial charge is 0.353 e. The summed E-state index contributed by atoms with van der Waals surface area (Å²) >= 11 is 5.76. The zero-order valence-electron chi connectivity index (χ0n) is 8.95. The van der Waals surface area contributed by atoms with Crippen LogP contribution in [0, 0.1) is 0 Å². The Labute approximate surface area is 107 Å². The van der Waals surface area contributed by atoms with Crippen molar-refractivity contribution in [2.24, 2.45) is 0 Å². The van der Waals surface area contributed by atoms with Gasteiger partial charge >= 0.3 is 0 Å². The van der Waals surface area contributed by atoms with E-state index < -0.39 is 0 Å². The van der Waals surface area contributed by atoms with Gasteiger partial charge in [-0.1, -0.05) is 18.0 Å². The predicted octanol–water partition coefficient (Wildman–Crippen LogP) is 2.11. The van der Waals surface area contributed by atoms with E-state index in [1.54, 1.807) is 12.3 Å². The first-order valence-corrected chi connectivity index (χ1v) is 5.68. The van der Waals surface area contributed by atoms with Gasteiger partial charge in [0.15, 0.2) is 0 Å². The minimum absolute atomic E-state index is 0. The zero-order valence-corrected chi connectivity index (χ0v) is 10.5. The Hall–Kier alpha value is -0.580. The molecule has 1 unspecified atom stereocenters. The van der Waals surface area contributed by atoms with Gasteiger partial charge in [-0.25, -0.2) is 9.97 Å². The van der Waals surface area contributed by atoms with Crippen LogP contribution in [0.3, 0.4) is 0 Å². The molecule has 16 heavy (non-hydrogen) atoms. The molecule has 6 heteroatoms. The maximum absolute atomic E-state index is 5.76. The van der Waals surface area contributed by atoms with Crippen LogP contribution in [0.1, 0.15) is 19.3 Å². The topological polar surface area (TPSA) is 49.8 Å². The summed E-state index contributed by atoms with van der Waals surface area (Å²) in [6, 6.07) is 2.20. The second kappa shape index (κ2) is 6.89. The van der Waals surface area contributed by atoms with Crippen molar-refractivity contribution in [3.05, 3.63) is 17.4 Å². The van der Waals surface area contributed by atoms with Crippen molar-refractivity contribution in [2.45, 2.75) is 25.3 Å². The lowest BCUT2D eigenvalue weighted by Gasteiger charge is -2.23. The molecule has 2 N–H and O–H groups in total. The number of hydrogen-bond acceptors (Lipinski definition) is 4. The highest BCUT2D eigenvalue weighted by atomic mass is 35.5. The number of anilines is 1. The van der Waals surface area contributed by atoms with Crippen LogP contribution >= 0.6 is 24.0 Å². The Morgan fingerprint density at radius 2 is 2.38 bits per heavy atom. The molecule has 0 aromatic carbocycles. The van der Waals surface area contributed by atoms with Gasteiger partial charge in [0.2, 0.25) is 5.95 Å². The van der Waals surface area contributed by atoms with Crippen LogP contribution < -0.4 is 10.6 Å². The van der Waals surface area contributed by atoms with Gasteiger partial charge in [0.25, 0.3) is 0 Å². The summed E-state index contributed by atoms with van der Waals surface area (Å²) in [6.45, 7) is 1.98. The lowest BCUT2D eigenvalue weighted by molar-refractivity contribution is 0.413. The molecule has 0 bridgehead atoms. The Morgan fingerprint density at radius 1 is 1.50 bits per heavy atom. The third-order valence-corrected chi connectivity index (χ3v) is 2.75. The summed E-state index contributed by atoms with van der Waals surface area (Å²) in [5.41, 5.74) is 0. The number of piperidine rings is 1. The summed E-state index contributed by atoms with van der Waals surface area (Å²) in [5, 5.41) is 7.11. The third kappa shape index (κ3) is 4.12. The van der Waals surface area contributed by atoms with Crippen molar-refractivity contribution in [3.63, 3.8) is 0 Å². The van der Waals surface area contributed by atoms with Crippen LogP contribution in [0.25, 0.3) is 0 Å². The molecule has 0 saturated carbocycles. The van der Waals surface area contributed by atoms with E-state index in [2.05, 4.69) is 20.6 Å². The summed E-state index contributed by atoms with van der Waals surface area (Å²) < 4.78 is 0. The predicted molar refractivity (Wildman–Crippen MR) is 68.4 cm³/mol. The maximum atomic E-state index is 5.76. The molecule has 1 saturated heterocycles. The number of nitrogens with one attached hydrogen (secondary N) is 2. The van der Waals surface area contributed by atoms with Crippen molar-refractivity contribution >= 4 is 30.0 Å². The monoisotopic (exact) mass is 262 g/mol. The summed E-state index contributed by atoms with van der Waals surface area (Å²) in [4.78, 5) is 8.16. The van der Waals surface area contributed by atoms with Gasteiger partial charge in [0.05, 0.1) is 0 Å². The molecule has 0 aliphatic carbocycles. The van der Waals surface area contributed by atoms with Gasteiger partial charge in [-0.05, 0) is 25.5 Å². The minimum atomic E-state index is 0. The first-order valence-electron chi connectivity index (χ1n) is 5.30. The van der Waals surface area contributed by atoms with Crippen molar-refractivity contribution in [3.8, 4) is 0 Å². The second-order valence-electron chi connectivity index (χ2n) is 3.73. The Balaban J connectivity index is 0.00000128. The SMILES string of the molecule is Cl.Clc1ccnc(NCC2CCCCN2)n1. The van der Waals surface area contributed by atoms with E-state index >= 15 is 0 Å². The van der Waals surface area contributed by atoms with E-state index in [4.69, 9.17) is 11.6 Å². The highest BCUT2D eigenvalue weighted by molar-refractivity contribution is 6.29. The van der Waals surface area contributed by atoms with Gasteiger partial charge in [0, 0.05) is 18.8 Å². The second-order valence-corrected chi connectivity index (χ2v) is 4.12. The molecule has 2 heterocycles. The molecule has 1 atom stereocenters. The molecular formula is C10H16Cl2N4. The molecule has 1 fully saturated rings. The molecule has 0 amide bonds. The van der Waals surface area contributed by atoms with E-state index in [0.29, 0.717) is 17.1 Å². The van der Waals surface area contributed by atoms with Crippen molar-refractivity contribution in [1.29, 1.82) is 0 Å². The summed E-state index contributed by atoms with van der Waals surface area (Å²) in [5.74, 6) is 0.606. The third-order valence-electron chi connectivity index (χ3n) is 2.54. The van der Waals surface area contributed by atoms with Crippen molar-refractivity contribution in [2.75, 3.05) is 18.4 Å². The van der Waals surface area contributed by atoms with Crippen LogP contribution in [0.2, 0.25) is 5.15 Å². The molecule has 0 radical (unpaired) electrons. The molecule has 1 aromatic rings. The molecule has 1 aliphatic rings. The van der Waals surface area contributed by atoms with Gasteiger partial charge < -0.3 is 10.6 Å². The smallest absolute Gasteiger partial charge is 0.224 e. The summed E-state index contributed by atoms with van der Waals surface area (Å²) in [6.07, 6.45) is 5.46. The van der Waals surface area contributed by atoms with E-state index in [0.717, 1.165) is 13.1 Å². The number of aromatic nitrogens is 2. The Morgan fingerprint density at radius 3 is 3.06 bits per heavy atom. The van der Waals surface area contributed by atoms with Gasteiger partial charge in [-0.15, -0.1) is 12.4 Å². The van der Waals surface area contributed by atoms with E-state index in [1.807, 2.05) is 0 Å². The Bertz CT molecular complexity index is 315. The maximum Gasteiger partial charge on any atom is 0.224 e. The van der Waals surface area contributed by atoms with Crippen LogP contribution in [-0.2, 0) is 0 Å². The molecule has 2 rings (SSSR count). The summed E-state index contributed by atoms with van der Waals surface area (Å²) in [7, 11) is 0. The first-order chi connectivity index (χ1) is 7.34. The van der Waals surface area contributed by atoms with Gasteiger partial charge in [-0.2, -0.15) is 0 Å². The highest BCUT2D eigenvalue weighted by Crippen LogP contribution is 2.09. The standard InChI is InChI=1S/C10H15ClN4.ClH/c11-9-4-6-13-10(15-9)14-7-8-3-1-2-5-12-8;/h4,6,8,12H,1-3,5,7H2,(H,13,14,15);1H. The lowest BCUT2D eigenvalue weighted by Crippen LogP contribution is -2.39. The Kier molecular flexibility index (Phi) is 5.80. The molecular weight excluding hydrogens is 247 g/mol. The zero-order chi connectivity index (χ0) is 10.5. The molecule has 0 spiro atoms. The first kappa shape index (κ1) is 13.5. The number of rotatable bonds is 3. The minimum Gasteiger partial charge on any atom is -0.353 e. The number of hydrogen-bond donors (Lipinski definition) is 2. The molecule has 1 aromatic heterocycles. The fourth-order valence-electron chi connectivity index (χ4n) is 1.73. The normalized spacial score (nSPS) is 19.9. The quantitative estimate of drug-likeness (QED) is 0.820. The van der Waals surface area contributed by atoms with Crippen molar-refractivity contribution in [1.82, 2.24) is 15.3 Å². The van der Waals surface area contributed by atoms with Crippen molar-refractivity contribution < 1.29 is 0 Å². The number of nitrogens with zero attached hydrogens (tertiary/aromatic N) is 2. The number of halogens is 2. The highest BCUT2D eigenvalue weighted by Gasteiger charge is 2.12. The average Bonchev–Trinajstić information content (AvgIpc) is 2.28. The lowest BCUT2D eigenvalue weighted by atomic mass is 10.1. The molecule has 4 nitrogen and oxygen atoms in total. The van der Waals surface area contributed by atoms with Gasteiger partial charge in [0.1, 0.15) is 5.15 Å².